The first-order chi connectivity index (χ1) is 9.81. The quantitative estimate of drug-likeness (QED) is 0.742. The van der Waals surface area contributed by atoms with Gasteiger partial charge in [-0.3, -0.25) is 0 Å². The molecular weight excluding hydrogens is 254 g/mol. The molecule has 0 aromatic heterocycles. The van der Waals surface area contributed by atoms with Crippen molar-refractivity contribution in [2.75, 3.05) is 33.9 Å². The van der Waals surface area contributed by atoms with Gasteiger partial charge in [0.2, 0.25) is 0 Å². The maximum atomic E-state index is 5.58. The van der Waals surface area contributed by atoms with Crippen LogP contribution in [-0.4, -0.2) is 40.0 Å². The van der Waals surface area contributed by atoms with E-state index in [9.17, 15) is 0 Å². The molecule has 0 spiro atoms. The summed E-state index contributed by atoms with van der Waals surface area (Å²) in [6.45, 7) is 2.91. The zero-order valence-electron chi connectivity index (χ0n) is 12.5. The smallest absolute Gasteiger partial charge is 0.122 e. The molecule has 1 aliphatic heterocycles. The van der Waals surface area contributed by atoms with Gasteiger partial charge >= 0.3 is 0 Å². The van der Waals surface area contributed by atoms with Crippen LogP contribution in [0.2, 0.25) is 0 Å². The van der Waals surface area contributed by atoms with Crippen LogP contribution < -0.4 is 14.8 Å². The Balaban J connectivity index is 1.70. The van der Waals surface area contributed by atoms with Gasteiger partial charge in [0.25, 0.3) is 0 Å². The maximum absolute atomic E-state index is 5.58. The highest BCUT2D eigenvalue weighted by atomic mass is 16.5. The molecular formula is C16H25NO3. The minimum Gasteiger partial charge on any atom is -0.497 e. The largest absolute Gasteiger partial charge is 0.497 e. The van der Waals surface area contributed by atoms with Crippen molar-refractivity contribution in [1.82, 2.24) is 5.32 Å². The fourth-order valence-corrected chi connectivity index (χ4v) is 2.50. The van der Waals surface area contributed by atoms with Gasteiger partial charge in [0.1, 0.15) is 11.5 Å². The van der Waals surface area contributed by atoms with Gasteiger partial charge in [-0.2, -0.15) is 0 Å². The minimum absolute atomic E-state index is 0.423. The molecule has 1 aromatic carbocycles. The van der Waals surface area contributed by atoms with Crippen LogP contribution in [0.5, 0.6) is 11.5 Å². The number of nitrogens with one attached hydrogen (secondary N) is 1. The summed E-state index contributed by atoms with van der Waals surface area (Å²) in [5, 5.41) is 3.47. The maximum Gasteiger partial charge on any atom is 0.122 e. The lowest BCUT2D eigenvalue weighted by Gasteiger charge is -2.11. The molecule has 1 saturated heterocycles. The third-order valence-corrected chi connectivity index (χ3v) is 3.63. The molecule has 0 amide bonds. The molecule has 20 heavy (non-hydrogen) atoms. The molecule has 1 heterocycles. The van der Waals surface area contributed by atoms with E-state index in [0.717, 1.165) is 44.0 Å². The van der Waals surface area contributed by atoms with Crippen molar-refractivity contribution in [2.45, 2.75) is 31.8 Å². The van der Waals surface area contributed by atoms with E-state index in [1.807, 2.05) is 6.07 Å². The Kier molecular flexibility index (Phi) is 6.15. The predicted molar refractivity (Wildman–Crippen MR) is 79.7 cm³/mol. The van der Waals surface area contributed by atoms with Crippen LogP contribution in [0.4, 0.5) is 0 Å². The first-order valence-corrected chi connectivity index (χ1v) is 7.36. The Morgan fingerprint density at radius 2 is 1.95 bits per heavy atom. The molecule has 4 heteroatoms. The van der Waals surface area contributed by atoms with Gasteiger partial charge in [0, 0.05) is 19.2 Å². The third-order valence-electron chi connectivity index (χ3n) is 3.63. The van der Waals surface area contributed by atoms with E-state index in [-0.39, 0.29) is 0 Å². The Labute approximate surface area is 121 Å². The van der Waals surface area contributed by atoms with Gasteiger partial charge < -0.3 is 19.5 Å². The average molecular weight is 279 g/mol. The number of rotatable bonds is 8. The summed E-state index contributed by atoms with van der Waals surface area (Å²) >= 11 is 0. The minimum atomic E-state index is 0.423. The van der Waals surface area contributed by atoms with Crippen LogP contribution in [0.1, 0.15) is 24.8 Å². The molecule has 1 aromatic rings. The van der Waals surface area contributed by atoms with Gasteiger partial charge in [0.05, 0.1) is 20.3 Å². The molecule has 2 rings (SSSR count). The van der Waals surface area contributed by atoms with Crippen molar-refractivity contribution in [2.24, 2.45) is 0 Å². The second-order valence-corrected chi connectivity index (χ2v) is 5.16. The number of benzene rings is 1. The van der Waals surface area contributed by atoms with Crippen LogP contribution in [0.15, 0.2) is 18.2 Å². The van der Waals surface area contributed by atoms with Crippen LogP contribution in [0.3, 0.4) is 0 Å². The SMILES string of the molecule is COc1cc(CCCNCC2CCCO2)cc(OC)c1. The van der Waals surface area contributed by atoms with Gasteiger partial charge in [-0.15, -0.1) is 0 Å². The van der Waals surface area contributed by atoms with E-state index in [0.29, 0.717) is 6.10 Å². The number of hydrogen-bond acceptors (Lipinski definition) is 4. The average Bonchev–Trinajstić information content (AvgIpc) is 2.99. The van der Waals surface area contributed by atoms with Crippen molar-refractivity contribution in [3.63, 3.8) is 0 Å². The summed E-state index contributed by atoms with van der Waals surface area (Å²) in [6, 6.07) is 6.05. The molecule has 0 radical (unpaired) electrons. The summed E-state index contributed by atoms with van der Waals surface area (Å²) in [4.78, 5) is 0. The summed E-state index contributed by atoms with van der Waals surface area (Å²) < 4.78 is 16.1. The van der Waals surface area contributed by atoms with Crippen LogP contribution in [-0.2, 0) is 11.2 Å². The Bertz CT molecular complexity index is 380. The number of aryl methyl sites for hydroxylation is 1. The molecule has 0 saturated carbocycles. The molecule has 1 atom stereocenters. The lowest BCUT2D eigenvalue weighted by atomic mass is 10.1. The Morgan fingerprint density at radius 1 is 1.20 bits per heavy atom. The molecule has 112 valence electrons. The van der Waals surface area contributed by atoms with Crippen LogP contribution in [0, 0.1) is 0 Å². The van der Waals surface area contributed by atoms with Crippen LogP contribution >= 0.6 is 0 Å². The van der Waals surface area contributed by atoms with E-state index in [2.05, 4.69) is 17.4 Å². The molecule has 0 aliphatic carbocycles. The second-order valence-electron chi connectivity index (χ2n) is 5.16. The van der Waals surface area contributed by atoms with E-state index in [4.69, 9.17) is 14.2 Å². The monoisotopic (exact) mass is 279 g/mol. The highest BCUT2D eigenvalue weighted by Crippen LogP contribution is 2.23. The Morgan fingerprint density at radius 3 is 2.55 bits per heavy atom. The first-order valence-electron chi connectivity index (χ1n) is 7.36. The lowest BCUT2D eigenvalue weighted by molar-refractivity contribution is 0.110. The standard InChI is InChI=1S/C16H25NO3/c1-18-15-9-13(10-16(11-15)19-2)5-3-7-17-12-14-6-4-8-20-14/h9-11,14,17H,3-8,12H2,1-2H3. The van der Waals surface area contributed by atoms with E-state index >= 15 is 0 Å². The van der Waals surface area contributed by atoms with Gasteiger partial charge in [-0.1, -0.05) is 0 Å². The Hall–Kier alpha value is -1.26. The summed E-state index contributed by atoms with van der Waals surface area (Å²) in [6.07, 6.45) is 4.94. The van der Waals surface area contributed by atoms with Crippen molar-refractivity contribution in [1.29, 1.82) is 0 Å². The summed E-state index contributed by atoms with van der Waals surface area (Å²) in [5.41, 5.74) is 1.25. The summed E-state index contributed by atoms with van der Waals surface area (Å²) in [5.74, 6) is 1.71. The van der Waals surface area contributed by atoms with E-state index < -0.39 is 0 Å². The highest BCUT2D eigenvalue weighted by Gasteiger charge is 2.14. The van der Waals surface area contributed by atoms with E-state index in [1.165, 1.54) is 18.4 Å². The van der Waals surface area contributed by atoms with Gasteiger partial charge in [-0.05, 0) is 49.9 Å². The van der Waals surface area contributed by atoms with Crippen molar-refractivity contribution < 1.29 is 14.2 Å². The normalized spacial score (nSPS) is 18.2. The molecule has 1 fully saturated rings. The van der Waals surface area contributed by atoms with Gasteiger partial charge in [-0.25, -0.2) is 0 Å². The number of ether oxygens (including phenoxy) is 3. The molecule has 1 unspecified atom stereocenters. The molecule has 1 N–H and O–H groups in total. The number of methoxy groups -OCH3 is 2. The van der Waals surface area contributed by atoms with Crippen LogP contribution in [0.25, 0.3) is 0 Å². The topological polar surface area (TPSA) is 39.7 Å². The van der Waals surface area contributed by atoms with Crippen molar-refractivity contribution in [3.8, 4) is 11.5 Å². The predicted octanol–water partition coefficient (Wildman–Crippen LogP) is 2.41. The van der Waals surface area contributed by atoms with E-state index in [1.54, 1.807) is 14.2 Å². The number of hydrogen-bond donors (Lipinski definition) is 1. The lowest BCUT2D eigenvalue weighted by Crippen LogP contribution is -2.27. The zero-order valence-corrected chi connectivity index (χ0v) is 12.5. The molecule has 0 bridgehead atoms. The third kappa shape index (κ3) is 4.69. The highest BCUT2D eigenvalue weighted by molar-refractivity contribution is 5.38. The molecule has 4 nitrogen and oxygen atoms in total. The fraction of sp³-hybridized carbons (Fsp3) is 0.625. The fourth-order valence-electron chi connectivity index (χ4n) is 2.50. The summed E-state index contributed by atoms with van der Waals surface area (Å²) in [7, 11) is 3.36. The first kappa shape index (κ1) is 15.1. The zero-order chi connectivity index (χ0) is 14.2. The van der Waals surface area contributed by atoms with Crippen molar-refractivity contribution >= 4 is 0 Å². The molecule has 1 aliphatic rings. The van der Waals surface area contributed by atoms with Crippen molar-refractivity contribution in [3.05, 3.63) is 23.8 Å². The van der Waals surface area contributed by atoms with Gasteiger partial charge in [0.15, 0.2) is 0 Å². The second kappa shape index (κ2) is 8.12.